The van der Waals surface area contributed by atoms with E-state index < -0.39 is 0 Å². The van der Waals surface area contributed by atoms with Crippen molar-refractivity contribution in [1.29, 1.82) is 0 Å². The Labute approximate surface area is 85.8 Å². The van der Waals surface area contributed by atoms with Crippen molar-refractivity contribution in [2.24, 2.45) is 5.84 Å². The number of nitrogens with two attached hydrogens (primary N) is 1. The molecule has 1 aromatic carbocycles. The van der Waals surface area contributed by atoms with Crippen LogP contribution < -0.4 is 11.3 Å². The molecule has 0 aliphatic carbocycles. The molecule has 0 spiro atoms. The molecule has 2 rings (SSSR count). The molecule has 1 heterocycles. The van der Waals surface area contributed by atoms with Crippen LogP contribution in [0.25, 0.3) is 10.6 Å². The number of nitrogen functional groups attached to an aromatic ring is 1. The van der Waals surface area contributed by atoms with Crippen LogP contribution in [-0.2, 0) is 0 Å². The maximum Gasteiger partial charge on any atom is 0.220 e. The summed E-state index contributed by atoms with van der Waals surface area (Å²) in [4.78, 5) is 0. The maximum absolute atomic E-state index is 5.24. The van der Waals surface area contributed by atoms with Crippen molar-refractivity contribution >= 4 is 16.5 Å². The first-order valence-corrected chi connectivity index (χ1v) is 4.99. The fourth-order valence-corrected chi connectivity index (χ4v) is 1.95. The lowest BCUT2D eigenvalue weighted by atomic mass is 10.1. The molecular formula is C9H10N4S. The van der Waals surface area contributed by atoms with Gasteiger partial charge in [0.25, 0.3) is 0 Å². The van der Waals surface area contributed by atoms with Gasteiger partial charge in [-0.05, 0) is 12.5 Å². The van der Waals surface area contributed by atoms with Crippen molar-refractivity contribution in [3.05, 3.63) is 29.8 Å². The molecule has 0 aliphatic heterocycles. The van der Waals surface area contributed by atoms with Crippen molar-refractivity contribution in [3.8, 4) is 10.6 Å². The monoisotopic (exact) mass is 206 g/mol. The van der Waals surface area contributed by atoms with E-state index >= 15 is 0 Å². The van der Waals surface area contributed by atoms with Gasteiger partial charge in [-0.3, -0.25) is 5.43 Å². The summed E-state index contributed by atoms with van der Waals surface area (Å²) < 4.78 is 0. The number of anilines is 1. The fourth-order valence-electron chi connectivity index (χ4n) is 1.20. The minimum atomic E-state index is 0.628. The standard InChI is InChI=1S/C9H10N4S/c1-6-4-2-3-5-7(6)8-12-13-9(11-10)14-8/h2-5H,10H2,1H3,(H,11,13). The number of hydrogen-bond acceptors (Lipinski definition) is 5. The predicted octanol–water partition coefficient (Wildman–Crippen LogP) is 1.80. The molecule has 5 heteroatoms. The van der Waals surface area contributed by atoms with Crippen LogP contribution in [0.15, 0.2) is 24.3 Å². The Morgan fingerprint density at radius 3 is 2.71 bits per heavy atom. The molecule has 0 unspecified atom stereocenters. The second-order valence-electron chi connectivity index (χ2n) is 2.87. The average Bonchev–Trinajstić information content (AvgIpc) is 2.67. The van der Waals surface area contributed by atoms with Gasteiger partial charge >= 0.3 is 0 Å². The lowest BCUT2D eigenvalue weighted by Gasteiger charge is -1.98. The number of benzene rings is 1. The molecular weight excluding hydrogens is 196 g/mol. The van der Waals surface area contributed by atoms with Crippen LogP contribution >= 0.6 is 11.3 Å². The van der Waals surface area contributed by atoms with Gasteiger partial charge in [0.15, 0.2) is 0 Å². The topological polar surface area (TPSA) is 63.8 Å². The van der Waals surface area contributed by atoms with Gasteiger partial charge in [-0.1, -0.05) is 35.6 Å². The Balaban J connectivity index is 2.44. The molecule has 0 fully saturated rings. The van der Waals surface area contributed by atoms with Crippen LogP contribution in [0.5, 0.6) is 0 Å². The van der Waals surface area contributed by atoms with Gasteiger partial charge in [-0.2, -0.15) is 0 Å². The van der Waals surface area contributed by atoms with Crippen molar-refractivity contribution < 1.29 is 0 Å². The summed E-state index contributed by atoms with van der Waals surface area (Å²) in [6.45, 7) is 2.05. The van der Waals surface area contributed by atoms with Gasteiger partial charge in [0.2, 0.25) is 5.13 Å². The highest BCUT2D eigenvalue weighted by Crippen LogP contribution is 2.27. The van der Waals surface area contributed by atoms with Crippen LogP contribution in [0.1, 0.15) is 5.56 Å². The van der Waals surface area contributed by atoms with E-state index in [1.807, 2.05) is 31.2 Å². The number of aryl methyl sites for hydroxylation is 1. The van der Waals surface area contributed by atoms with Crippen LogP contribution in [0, 0.1) is 6.92 Å². The van der Waals surface area contributed by atoms with E-state index in [1.54, 1.807) is 0 Å². The molecule has 0 saturated heterocycles. The summed E-state index contributed by atoms with van der Waals surface area (Å²) in [6, 6.07) is 8.06. The van der Waals surface area contributed by atoms with E-state index in [9.17, 15) is 0 Å². The SMILES string of the molecule is Cc1ccccc1-c1nnc(NN)s1. The smallest absolute Gasteiger partial charge is 0.220 e. The average molecular weight is 206 g/mol. The summed E-state index contributed by atoms with van der Waals surface area (Å²) in [5, 5.41) is 9.44. The van der Waals surface area contributed by atoms with Crippen LogP contribution in [0.3, 0.4) is 0 Å². The minimum Gasteiger partial charge on any atom is -0.298 e. The first kappa shape index (κ1) is 9.11. The predicted molar refractivity (Wildman–Crippen MR) is 57.9 cm³/mol. The number of rotatable bonds is 2. The number of nitrogens with zero attached hydrogens (tertiary/aromatic N) is 2. The Morgan fingerprint density at radius 2 is 2.07 bits per heavy atom. The number of nitrogens with one attached hydrogen (secondary N) is 1. The van der Waals surface area contributed by atoms with Gasteiger partial charge < -0.3 is 0 Å². The van der Waals surface area contributed by atoms with E-state index in [2.05, 4.69) is 15.6 Å². The zero-order valence-corrected chi connectivity index (χ0v) is 8.51. The highest BCUT2D eigenvalue weighted by molar-refractivity contribution is 7.18. The highest BCUT2D eigenvalue weighted by atomic mass is 32.1. The lowest BCUT2D eigenvalue weighted by molar-refractivity contribution is 1.08. The Bertz CT molecular complexity index is 438. The summed E-state index contributed by atoms with van der Waals surface area (Å²) in [5.41, 5.74) is 4.77. The molecule has 0 atom stereocenters. The molecule has 0 bridgehead atoms. The van der Waals surface area contributed by atoms with Crippen molar-refractivity contribution in [2.45, 2.75) is 6.92 Å². The van der Waals surface area contributed by atoms with Crippen LogP contribution in [0.2, 0.25) is 0 Å². The number of hydrogen-bond donors (Lipinski definition) is 2. The van der Waals surface area contributed by atoms with Crippen molar-refractivity contribution in [2.75, 3.05) is 5.43 Å². The molecule has 0 radical (unpaired) electrons. The second kappa shape index (κ2) is 3.73. The molecule has 0 amide bonds. The van der Waals surface area contributed by atoms with Crippen LogP contribution in [0.4, 0.5) is 5.13 Å². The second-order valence-corrected chi connectivity index (χ2v) is 3.85. The van der Waals surface area contributed by atoms with Crippen molar-refractivity contribution in [3.63, 3.8) is 0 Å². The molecule has 4 nitrogen and oxygen atoms in total. The highest BCUT2D eigenvalue weighted by Gasteiger charge is 2.06. The summed E-state index contributed by atoms with van der Waals surface area (Å²) in [6.07, 6.45) is 0. The first-order valence-electron chi connectivity index (χ1n) is 4.17. The molecule has 0 aliphatic rings. The van der Waals surface area contributed by atoms with E-state index in [4.69, 9.17) is 5.84 Å². The Kier molecular flexibility index (Phi) is 2.43. The molecule has 1 aromatic heterocycles. The van der Waals surface area contributed by atoms with Gasteiger partial charge in [-0.25, -0.2) is 5.84 Å². The zero-order chi connectivity index (χ0) is 9.97. The minimum absolute atomic E-state index is 0.628. The molecule has 0 saturated carbocycles. The summed E-state index contributed by atoms with van der Waals surface area (Å²) in [7, 11) is 0. The van der Waals surface area contributed by atoms with Gasteiger partial charge in [-0.15, -0.1) is 10.2 Å². The van der Waals surface area contributed by atoms with Crippen LogP contribution in [-0.4, -0.2) is 10.2 Å². The molecule has 3 N–H and O–H groups in total. The zero-order valence-electron chi connectivity index (χ0n) is 7.69. The third-order valence-corrected chi connectivity index (χ3v) is 2.81. The fraction of sp³-hybridized carbons (Fsp3) is 0.111. The van der Waals surface area contributed by atoms with E-state index in [0.717, 1.165) is 10.6 Å². The van der Waals surface area contributed by atoms with E-state index in [-0.39, 0.29) is 0 Å². The van der Waals surface area contributed by atoms with E-state index in [1.165, 1.54) is 16.9 Å². The molecule has 72 valence electrons. The van der Waals surface area contributed by atoms with Gasteiger partial charge in [0, 0.05) is 5.56 Å². The number of hydrazine groups is 1. The normalized spacial score (nSPS) is 10.1. The first-order chi connectivity index (χ1) is 6.81. The summed E-state index contributed by atoms with van der Waals surface area (Å²) in [5.74, 6) is 5.24. The quantitative estimate of drug-likeness (QED) is 0.581. The molecule has 2 aromatic rings. The maximum atomic E-state index is 5.24. The summed E-state index contributed by atoms with van der Waals surface area (Å²) >= 11 is 1.44. The number of aromatic nitrogens is 2. The molecule has 14 heavy (non-hydrogen) atoms. The third kappa shape index (κ3) is 1.59. The Hall–Kier alpha value is -1.46. The Morgan fingerprint density at radius 1 is 1.29 bits per heavy atom. The largest absolute Gasteiger partial charge is 0.298 e. The van der Waals surface area contributed by atoms with Gasteiger partial charge in [0.1, 0.15) is 5.01 Å². The van der Waals surface area contributed by atoms with Crippen molar-refractivity contribution in [1.82, 2.24) is 10.2 Å². The lowest BCUT2D eigenvalue weighted by Crippen LogP contribution is -2.05. The van der Waals surface area contributed by atoms with E-state index in [0.29, 0.717) is 5.13 Å². The van der Waals surface area contributed by atoms with Gasteiger partial charge in [0.05, 0.1) is 0 Å². The third-order valence-electron chi connectivity index (χ3n) is 1.92.